The summed E-state index contributed by atoms with van der Waals surface area (Å²) in [5, 5.41) is 2.75. The zero-order valence-corrected chi connectivity index (χ0v) is 10.6. The smallest absolute Gasteiger partial charge is 0.407 e. The van der Waals surface area contributed by atoms with Crippen molar-refractivity contribution >= 4 is 6.09 Å². The van der Waals surface area contributed by atoms with Gasteiger partial charge in [0.15, 0.2) is 0 Å². The van der Waals surface area contributed by atoms with Gasteiger partial charge in [-0.1, -0.05) is 44.2 Å². The molecule has 0 fully saturated rings. The number of rotatable bonds is 6. The van der Waals surface area contributed by atoms with Crippen LogP contribution in [0.1, 0.15) is 32.3 Å². The summed E-state index contributed by atoms with van der Waals surface area (Å²) in [6.07, 6.45) is 1.79. The second-order valence-electron chi connectivity index (χ2n) is 4.52. The molecule has 94 valence electrons. The summed E-state index contributed by atoms with van der Waals surface area (Å²) in [6.45, 7) is 5.37. The van der Waals surface area contributed by atoms with Crippen molar-refractivity contribution in [3.8, 4) is 0 Å². The number of amides is 1. The van der Waals surface area contributed by atoms with Crippen molar-refractivity contribution < 1.29 is 9.53 Å². The molecule has 0 bridgehead atoms. The minimum absolute atomic E-state index is 0.330. The predicted molar refractivity (Wildman–Crippen MR) is 68.7 cm³/mol. The van der Waals surface area contributed by atoms with Crippen molar-refractivity contribution in [3.63, 3.8) is 0 Å². The lowest BCUT2D eigenvalue weighted by Crippen LogP contribution is -2.25. The first-order valence-corrected chi connectivity index (χ1v) is 6.13. The Kier molecular flexibility index (Phi) is 6.15. The van der Waals surface area contributed by atoms with Crippen LogP contribution in [0.15, 0.2) is 30.3 Å². The van der Waals surface area contributed by atoms with Gasteiger partial charge in [0.2, 0.25) is 0 Å². The molecule has 0 radical (unpaired) electrons. The highest BCUT2D eigenvalue weighted by atomic mass is 16.5. The molecule has 0 aliphatic carbocycles. The van der Waals surface area contributed by atoms with Crippen molar-refractivity contribution in [2.24, 2.45) is 5.92 Å². The summed E-state index contributed by atoms with van der Waals surface area (Å²) < 4.78 is 5.09. The summed E-state index contributed by atoms with van der Waals surface area (Å²) in [7, 11) is 0. The number of carbonyl (C=O) groups excluding carboxylic acids is 1. The molecule has 0 aliphatic rings. The van der Waals surface area contributed by atoms with E-state index in [4.69, 9.17) is 4.74 Å². The van der Waals surface area contributed by atoms with Gasteiger partial charge in [-0.2, -0.15) is 0 Å². The zero-order chi connectivity index (χ0) is 12.5. The van der Waals surface area contributed by atoms with E-state index in [2.05, 4.69) is 19.2 Å². The van der Waals surface area contributed by atoms with Crippen molar-refractivity contribution in [3.05, 3.63) is 35.9 Å². The van der Waals surface area contributed by atoms with Crippen LogP contribution in [0.4, 0.5) is 4.79 Å². The zero-order valence-electron chi connectivity index (χ0n) is 10.6. The second-order valence-corrected chi connectivity index (χ2v) is 4.52. The summed E-state index contributed by atoms with van der Waals surface area (Å²) in [4.78, 5) is 11.3. The summed E-state index contributed by atoms with van der Waals surface area (Å²) in [5.74, 6) is 0.678. The van der Waals surface area contributed by atoms with Crippen LogP contribution in [0.25, 0.3) is 0 Å². The molecule has 0 saturated heterocycles. The Hall–Kier alpha value is -1.51. The van der Waals surface area contributed by atoms with Gasteiger partial charge in [-0.25, -0.2) is 4.79 Å². The molecule has 1 aromatic carbocycles. The maximum atomic E-state index is 11.3. The molecule has 17 heavy (non-hydrogen) atoms. The molecule has 0 atom stereocenters. The van der Waals surface area contributed by atoms with Crippen LogP contribution in [-0.2, 0) is 11.3 Å². The summed E-state index contributed by atoms with van der Waals surface area (Å²) in [5.41, 5.74) is 1.00. The van der Waals surface area contributed by atoms with Crippen LogP contribution in [0.5, 0.6) is 0 Å². The van der Waals surface area contributed by atoms with Gasteiger partial charge in [0.1, 0.15) is 6.61 Å². The van der Waals surface area contributed by atoms with E-state index in [-0.39, 0.29) is 6.09 Å². The van der Waals surface area contributed by atoms with E-state index >= 15 is 0 Å². The highest BCUT2D eigenvalue weighted by Gasteiger charge is 2.01. The van der Waals surface area contributed by atoms with Gasteiger partial charge in [-0.15, -0.1) is 0 Å². The highest BCUT2D eigenvalue weighted by Crippen LogP contribution is 2.02. The third kappa shape index (κ3) is 6.61. The Bertz CT molecular complexity index is 322. The third-order valence-corrected chi connectivity index (χ3v) is 2.44. The van der Waals surface area contributed by atoms with Crippen LogP contribution in [0.2, 0.25) is 0 Å². The lowest BCUT2D eigenvalue weighted by Gasteiger charge is -2.08. The van der Waals surface area contributed by atoms with Crippen LogP contribution in [-0.4, -0.2) is 12.6 Å². The Morgan fingerprint density at radius 3 is 2.65 bits per heavy atom. The van der Waals surface area contributed by atoms with Gasteiger partial charge in [0, 0.05) is 6.54 Å². The molecule has 3 heteroatoms. The maximum absolute atomic E-state index is 11.3. The molecule has 0 saturated carbocycles. The molecule has 0 spiro atoms. The largest absolute Gasteiger partial charge is 0.445 e. The maximum Gasteiger partial charge on any atom is 0.407 e. The number of alkyl carbamates (subject to hydrolysis) is 1. The molecule has 1 amide bonds. The molecule has 0 unspecified atom stereocenters. The first-order chi connectivity index (χ1) is 8.18. The number of hydrogen-bond donors (Lipinski definition) is 1. The lowest BCUT2D eigenvalue weighted by atomic mass is 10.1. The number of hydrogen-bond acceptors (Lipinski definition) is 2. The van der Waals surface area contributed by atoms with Gasteiger partial charge >= 0.3 is 6.09 Å². The normalized spacial score (nSPS) is 10.3. The fourth-order valence-corrected chi connectivity index (χ4v) is 1.47. The van der Waals surface area contributed by atoms with Crippen molar-refractivity contribution in [1.29, 1.82) is 0 Å². The average molecular weight is 235 g/mol. The monoisotopic (exact) mass is 235 g/mol. The molecular formula is C14H21NO2. The topological polar surface area (TPSA) is 38.3 Å². The summed E-state index contributed by atoms with van der Waals surface area (Å²) in [6, 6.07) is 9.67. The van der Waals surface area contributed by atoms with Gasteiger partial charge in [-0.3, -0.25) is 0 Å². The molecule has 1 rings (SSSR count). The fraction of sp³-hybridized carbons (Fsp3) is 0.500. The average Bonchev–Trinajstić information content (AvgIpc) is 2.33. The number of nitrogens with one attached hydrogen (secondary N) is 1. The van der Waals surface area contributed by atoms with Crippen molar-refractivity contribution in [1.82, 2.24) is 5.32 Å². The standard InChI is InChI=1S/C14H21NO2/c1-12(2)7-6-10-15-14(16)17-11-13-8-4-3-5-9-13/h3-5,8-9,12H,6-7,10-11H2,1-2H3,(H,15,16). The molecular weight excluding hydrogens is 214 g/mol. The highest BCUT2D eigenvalue weighted by molar-refractivity contribution is 5.67. The van der Waals surface area contributed by atoms with Gasteiger partial charge in [0.05, 0.1) is 0 Å². The minimum atomic E-state index is -0.336. The number of benzene rings is 1. The number of carbonyl (C=O) groups is 1. The van der Waals surface area contributed by atoms with Gasteiger partial charge in [-0.05, 0) is 24.3 Å². The van der Waals surface area contributed by atoms with Crippen LogP contribution in [0.3, 0.4) is 0 Å². The third-order valence-electron chi connectivity index (χ3n) is 2.44. The van der Waals surface area contributed by atoms with Gasteiger partial charge in [0.25, 0.3) is 0 Å². The van der Waals surface area contributed by atoms with E-state index in [1.54, 1.807) is 0 Å². The van der Waals surface area contributed by atoms with Crippen molar-refractivity contribution in [2.45, 2.75) is 33.3 Å². The minimum Gasteiger partial charge on any atom is -0.445 e. The fourth-order valence-electron chi connectivity index (χ4n) is 1.47. The Morgan fingerprint density at radius 1 is 1.29 bits per heavy atom. The quantitative estimate of drug-likeness (QED) is 0.768. The first kappa shape index (κ1) is 13.6. The van der Waals surface area contributed by atoms with E-state index < -0.39 is 0 Å². The van der Waals surface area contributed by atoms with Crippen LogP contribution in [0, 0.1) is 5.92 Å². The Balaban J connectivity index is 2.09. The second kappa shape index (κ2) is 7.71. The van der Waals surface area contributed by atoms with E-state index in [1.165, 1.54) is 0 Å². The van der Waals surface area contributed by atoms with E-state index in [0.29, 0.717) is 19.1 Å². The molecule has 1 N–H and O–H groups in total. The van der Waals surface area contributed by atoms with Crippen molar-refractivity contribution in [2.75, 3.05) is 6.54 Å². The molecule has 3 nitrogen and oxygen atoms in total. The predicted octanol–water partition coefficient (Wildman–Crippen LogP) is 3.35. The molecule has 0 heterocycles. The SMILES string of the molecule is CC(C)CCCNC(=O)OCc1ccccc1. The Morgan fingerprint density at radius 2 is 2.00 bits per heavy atom. The number of ether oxygens (including phenoxy) is 1. The van der Waals surface area contributed by atoms with Crippen LogP contribution >= 0.6 is 0 Å². The summed E-state index contributed by atoms with van der Waals surface area (Å²) >= 11 is 0. The van der Waals surface area contributed by atoms with Crippen LogP contribution < -0.4 is 5.32 Å². The Labute approximate surface area is 103 Å². The first-order valence-electron chi connectivity index (χ1n) is 6.13. The van der Waals surface area contributed by atoms with Gasteiger partial charge < -0.3 is 10.1 Å². The molecule has 1 aromatic rings. The van der Waals surface area contributed by atoms with E-state index in [0.717, 1.165) is 18.4 Å². The van der Waals surface area contributed by atoms with E-state index in [9.17, 15) is 4.79 Å². The van der Waals surface area contributed by atoms with E-state index in [1.807, 2.05) is 30.3 Å². The molecule has 0 aliphatic heterocycles. The lowest BCUT2D eigenvalue weighted by molar-refractivity contribution is 0.139. The molecule has 0 aromatic heterocycles.